The quantitative estimate of drug-likeness (QED) is 0.0525. The molecular formula is C44H80O2. The number of hydrogen-bond donors (Lipinski definition) is 0. The summed E-state index contributed by atoms with van der Waals surface area (Å²) in [5.74, 6) is 0.413. The molecule has 1 rings (SSSR count). The SMILES string of the molecule is CCCCCC=CCC=CCCCCCCCCC1(CCCCCCCCC=CCC=CCCCCC)OCC(CC(C)CC)O1. The summed E-state index contributed by atoms with van der Waals surface area (Å²) in [6, 6.07) is 0. The smallest absolute Gasteiger partial charge is 0.168 e. The van der Waals surface area contributed by atoms with Crippen LogP contribution >= 0.6 is 0 Å². The van der Waals surface area contributed by atoms with Gasteiger partial charge in [-0.2, -0.15) is 0 Å². The van der Waals surface area contributed by atoms with Crippen molar-refractivity contribution in [3.05, 3.63) is 48.6 Å². The van der Waals surface area contributed by atoms with Crippen molar-refractivity contribution in [3.8, 4) is 0 Å². The van der Waals surface area contributed by atoms with Crippen LogP contribution in [0.5, 0.6) is 0 Å². The summed E-state index contributed by atoms with van der Waals surface area (Å²) in [4.78, 5) is 0. The highest BCUT2D eigenvalue weighted by Crippen LogP contribution is 2.36. The zero-order chi connectivity index (χ0) is 33.2. The highest BCUT2D eigenvalue weighted by atomic mass is 16.7. The molecule has 2 nitrogen and oxygen atoms in total. The third kappa shape index (κ3) is 25.9. The average molecular weight is 641 g/mol. The first-order valence-corrected chi connectivity index (χ1v) is 20.6. The summed E-state index contributed by atoms with van der Waals surface area (Å²) in [5.41, 5.74) is 0. The summed E-state index contributed by atoms with van der Waals surface area (Å²) in [5, 5.41) is 0. The van der Waals surface area contributed by atoms with Crippen molar-refractivity contribution in [3.63, 3.8) is 0 Å². The standard InChI is InChI=1S/C44H80O2/c1-5-8-10-12-14-16-18-20-22-24-26-28-30-32-34-36-38-44(45-41-43(46-44)40-42(4)7-3)39-37-35-33-31-29-27-25-23-21-19-17-15-13-11-9-6-2/h14-17,20-23,42-43H,5-13,18-19,24-41H2,1-4H3. The van der Waals surface area contributed by atoms with Crippen LogP contribution in [0.15, 0.2) is 48.6 Å². The topological polar surface area (TPSA) is 18.5 Å². The first-order valence-electron chi connectivity index (χ1n) is 20.6. The molecule has 2 unspecified atom stereocenters. The van der Waals surface area contributed by atoms with Crippen LogP contribution in [0.25, 0.3) is 0 Å². The van der Waals surface area contributed by atoms with Crippen molar-refractivity contribution in [2.24, 2.45) is 5.92 Å². The number of ether oxygens (including phenoxy) is 2. The third-order valence-electron chi connectivity index (χ3n) is 9.79. The minimum Gasteiger partial charge on any atom is -0.347 e. The number of rotatable bonds is 33. The van der Waals surface area contributed by atoms with Crippen LogP contribution in [0.3, 0.4) is 0 Å². The maximum Gasteiger partial charge on any atom is 0.168 e. The summed E-state index contributed by atoms with van der Waals surface area (Å²) in [6.07, 6.45) is 54.8. The van der Waals surface area contributed by atoms with E-state index in [0.717, 1.165) is 38.7 Å². The van der Waals surface area contributed by atoms with Crippen LogP contribution in [0.4, 0.5) is 0 Å². The van der Waals surface area contributed by atoms with Crippen LogP contribution < -0.4 is 0 Å². The Balaban J connectivity index is 2.17. The second-order valence-corrected chi connectivity index (χ2v) is 14.4. The van der Waals surface area contributed by atoms with E-state index in [2.05, 4.69) is 76.3 Å². The fraction of sp³-hybridized carbons (Fsp3) is 0.818. The Labute approximate surface area is 289 Å². The Kier molecular flexibility index (Phi) is 30.2. The monoisotopic (exact) mass is 641 g/mol. The van der Waals surface area contributed by atoms with Gasteiger partial charge in [0.15, 0.2) is 5.79 Å². The summed E-state index contributed by atoms with van der Waals surface area (Å²) in [7, 11) is 0. The summed E-state index contributed by atoms with van der Waals surface area (Å²) >= 11 is 0. The molecule has 0 aromatic heterocycles. The van der Waals surface area contributed by atoms with Crippen molar-refractivity contribution in [2.45, 2.75) is 219 Å². The van der Waals surface area contributed by atoms with Crippen molar-refractivity contribution in [2.75, 3.05) is 6.61 Å². The van der Waals surface area contributed by atoms with Crippen LogP contribution in [0.1, 0.15) is 207 Å². The minimum atomic E-state index is -0.303. The predicted molar refractivity (Wildman–Crippen MR) is 206 cm³/mol. The van der Waals surface area contributed by atoms with E-state index in [1.807, 2.05) is 0 Å². The van der Waals surface area contributed by atoms with Gasteiger partial charge in [0.25, 0.3) is 0 Å². The Morgan fingerprint density at radius 2 is 0.913 bits per heavy atom. The second kappa shape index (κ2) is 32.4. The molecule has 0 aliphatic carbocycles. The van der Waals surface area contributed by atoms with Crippen molar-refractivity contribution in [1.29, 1.82) is 0 Å². The lowest BCUT2D eigenvalue weighted by atomic mass is 9.98. The molecule has 0 spiro atoms. The fourth-order valence-corrected chi connectivity index (χ4v) is 6.50. The van der Waals surface area contributed by atoms with E-state index in [4.69, 9.17) is 9.47 Å². The highest BCUT2D eigenvalue weighted by molar-refractivity contribution is 4.93. The Morgan fingerprint density at radius 3 is 1.33 bits per heavy atom. The number of hydrogen-bond acceptors (Lipinski definition) is 2. The van der Waals surface area contributed by atoms with Crippen LogP contribution in [0, 0.1) is 5.92 Å². The normalized spacial score (nSPS) is 19.6. The van der Waals surface area contributed by atoms with E-state index in [-0.39, 0.29) is 5.79 Å². The van der Waals surface area contributed by atoms with E-state index in [1.54, 1.807) is 0 Å². The Bertz CT molecular complexity index is 699. The second-order valence-electron chi connectivity index (χ2n) is 14.4. The van der Waals surface area contributed by atoms with Gasteiger partial charge in [0.1, 0.15) is 0 Å². The average Bonchev–Trinajstić information content (AvgIpc) is 3.46. The molecule has 1 aliphatic heterocycles. The lowest BCUT2D eigenvalue weighted by molar-refractivity contribution is -0.180. The molecule has 0 N–H and O–H groups in total. The first-order chi connectivity index (χ1) is 22.7. The zero-order valence-corrected chi connectivity index (χ0v) is 31.6. The molecule has 0 bridgehead atoms. The first kappa shape index (κ1) is 42.9. The molecule has 1 aliphatic rings. The lowest BCUT2D eigenvalue weighted by Crippen LogP contribution is -2.31. The van der Waals surface area contributed by atoms with Crippen molar-refractivity contribution >= 4 is 0 Å². The molecule has 1 fully saturated rings. The molecule has 2 atom stereocenters. The predicted octanol–water partition coefficient (Wildman–Crippen LogP) is 14.9. The number of unbranched alkanes of at least 4 members (excludes halogenated alkanes) is 18. The van der Waals surface area contributed by atoms with E-state index in [1.165, 1.54) is 148 Å². The molecule has 1 saturated heterocycles. The van der Waals surface area contributed by atoms with E-state index < -0.39 is 0 Å². The number of allylic oxidation sites excluding steroid dienone is 8. The van der Waals surface area contributed by atoms with Crippen molar-refractivity contribution in [1.82, 2.24) is 0 Å². The molecule has 0 saturated carbocycles. The van der Waals surface area contributed by atoms with E-state index >= 15 is 0 Å². The highest BCUT2D eigenvalue weighted by Gasteiger charge is 2.40. The van der Waals surface area contributed by atoms with E-state index in [0.29, 0.717) is 12.0 Å². The Morgan fingerprint density at radius 1 is 0.522 bits per heavy atom. The molecule has 268 valence electrons. The molecule has 0 aromatic carbocycles. The third-order valence-corrected chi connectivity index (χ3v) is 9.79. The Hall–Kier alpha value is -1.12. The molecule has 0 amide bonds. The molecular weight excluding hydrogens is 560 g/mol. The van der Waals surface area contributed by atoms with Crippen LogP contribution in [-0.4, -0.2) is 18.5 Å². The molecule has 46 heavy (non-hydrogen) atoms. The molecule has 0 radical (unpaired) electrons. The maximum atomic E-state index is 6.72. The maximum absolute atomic E-state index is 6.72. The molecule has 0 aromatic rings. The van der Waals surface area contributed by atoms with Crippen molar-refractivity contribution < 1.29 is 9.47 Å². The summed E-state index contributed by atoms with van der Waals surface area (Å²) in [6.45, 7) is 9.99. The van der Waals surface area contributed by atoms with Gasteiger partial charge in [0, 0.05) is 12.8 Å². The van der Waals surface area contributed by atoms with Gasteiger partial charge >= 0.3 is 0 Å². The van der Waals surface area contributed by atoms with Crippen LogP contribution in [-0.2, 0) is 9.47 Å². The zero-order valence-electron chi connectivity index (χ0n) is 31.6. The molecule has 2 heteroatoms. The summed E-state index contributed by atoms with van der Waals surface area (Å²) < 4.78 is 13.2. The van der Waals surface area contributed by atoms with Gasteiger partial charge in [0.05, 0.1) is 12.7 Å². The van der Waals surface area contributed by atoms with Gasteiger partial charge in [-0.15, -0.1) is 0 Å². The van der Waals surface area contributed by atoms with Gasteiger partial charge in [-0.1, -0.05) is 160 Å². The largest absolute Gasteiger partial charge is 0.347 e. The molecule has 1 heterocycles. The van der Waals surface area contributed by atoms with E-state index in [9.17, 15) is 0 Å². The van der Waals surface area contributed by atoms with Crippen LogP contribution in [0.2, 0.25) is 0 Å². The van der Waals surface area contributed by atoms with Gasteiger partial charge in [0.2, 0.25) is 0 Å². The van der Waals surface area contributed by atoms with Gasteiger partial charge in [-0.3, -0.25) is 0 Å². The lowest BCUT2D eigenvalue weighted by Gasteiger charge is -2.29. The fourth-order valence-electron chi connectivity index (χ4n) is 6.50. The van der Waals surface area contributed by atoms with Gasteiger partial charge in [-0.05, 0) is 89.4 Å². The van der Waals surface area contributed by atoms with Gasteiger partial charge in [-0.25, -0.2) is 0 Å². The minimum absolute atomic E-state index is 0.296. The van der Waals surface area contributed by atoms with Gasteiger partial charge < -0.3 is 9.47 Å².